The van der Waals surface area contributed by atoms with Gasteiger partial charge in [-0.3, -0.25) is 9.52 Å². The maximum absolute atomic E-state index is 13.7. The molecule has 1 heterocycles. The number of anilines is 1. The highest BCUT2D eigenvalue weighted by Crippen LogP contribution is 2.32. The summed E-state index contributed by atoms with van der Waals surface area (Å²) in [5.74, 6) is -0.609. The lowest BCUT2D eigenvalue weighted by Crippen LogP contribution is -2.50. The lowest BCUT2D eigenvalue weighted by molar-refractivity contribution is 0.0387. The number of amides is 1. The molecule has 0 saturated carbocycles. The van der Waals surface area contributed by atoms with Gasteiger partial charge in [-0.05, 0) is 68.4 Å². The second-order valence-electron chi connectivity index (χ2n) is 10.5. The van der Waals surface area contributed by atoms with Crippen LogP contribution in [0.3, 0.4) is 0 Å². The number of benzene rings is 3. The SMILES string of the molecule is Cc1ccc(S(=O)(=O)N(C)C[C@H]2Oc3ccc(NS(=O)(=O)c4ccc(Cl)cc4)cc3C(=O)N([C@H](C)CO)C[C@H]2C)cc1. The summed E-state index contributed by atoms with van der Waals surface area (Å²) in [5.41, 5.74) is 1.14. The number of fused-ring (bicyclic) bond motifs is 1. The number of hydrogen-bond acceptors (Lipinski definition) is 7. The smallest absolute Gasteiger partial charge is 0.261 e. The van der Waals surface area contributed by atoms with E-state index in [1.54, 1.807) is 31.2 Å². The van der Waals surface area contributed by atoms with E-state index in [0.29, 0.717) is 5.02 Å². The molecule has 3 aromatic rings. The molecule has 0 radical (unpaired) electrons. The third-order valence-corrected chi connectivity index (χ3v) is 10.7. The second kappa shape index (κ2) is 12.6. The number of ether oxygens (including phenoxy) is 1. The predicted octanol–water partition coefficient (Wildman–Crippen LogP) is 3.99. The van der Waals surface area contributed by atoms with Gasteiger partial charge >= 0.3 is 0 Å². The highest BCUT2D eigenvalue weighted by Gasteiger charge is 2.35. The lowest BCUT2D eigenvalue weighted by atomic mass is 9.99. The maximum Gasteiger partial charge on any atom is 0.261 e. The van der Waals surface area contributed by atoms with Crippen LogP contribution in [0.5, 0.6) is 5.75 Å². The van der Waals surface area contributed by atoms with Gasteiger partial charge in [-0.25, -0.2) is 16.8 Å². The Morgan fingerprint density at radius 1 is 1.05 bits per heavy atom. The van der Waals surface area contributed by atoms with E-state index in [2.05, 4.69) is 4.72 Å². The highest BCUT2D eigenvalue weighted by molar-refractivity contribution is 7.92. The van der Waals surface area contributed by atoms with Crippen molar-refractivity contribution in [2.75, 3.05) is 31.5 Å². The van der Waals surface area contributed by atoms with Gasteiger partial charge in [0.15, 0.2) is 0 Å². The standard InChI is InChI=1S/C29H34ClN3O7S2/c1-19-5-10-25(11-6-19)42(38,39)32(4)17-28-20(2)16-33(21(3)18-34)29(35)26-15-23(9-14-27(26)40-28)31-41(36,37)24-12-7-22(30)8-13-24/h5-15,20-21,28,31,34H,16-18H2,1-4H3/t20-,21-,28-/m1/s1. The Hall–Kier alpha value is -3.16. The van der Waals surface area contributed by atoms with Gasteiger partial charge in [-0.15, -0.1) is 0 Å². The number of halogens is 1. The van der Waals surface area contributed by atoms with Crippen molar-refractivity contribution in [2.24, 2.45) is 5.92 Å². The van der Waals surface area contributed by atoms with Crippen LogP contribution in [0, 0.1) is 12.8 Å². The summed E-state index contributed by atoms with van der Waals surface area (Å²) in [6.07, 6.45) is -0.674. The van der Waals surface area contributed by atoms with Crippen molar-refractivity contribution in [1.29, 1.82) is 0 Å². The van der Waals surface area contributed by atoms with Gasteiger partial charge in [0.05, 0.1) is 34.5 Å². The summed E-state index contributed by atoms with van der Waals surface area (Å²) in [5, 5.41) is 10.3. The van der Waals surface area contributed by atoms with Crippen LogP contribution < -0.4 is 9.46 Å². The molecule has 0 spiro atoms. The molecule has 0 fully saturated rings. The van der Waals surface area contributed by atoms with Crippen molar-refractivity contribution in [3.8, 4) is 5.75 Å². The van der Waals surface area contributed by atoms with Gasteiger partial charge in [0.1, 0.15) is 11.9 Å². The molecular formula is C29H34ClN3O7S2. The molecule has 4 rings (SSSR count). The molecule has 1 aliphatic heterocycles. The highest BCUT2D eigenvalue weighted by atomic mass is 35.5. The zero-order valence-electron chi connectivity index (χ0n) is 23.7. The van der Waals surface area contributed by atoms with Crippen LogP contribution in [-0.4, -0.2) is 75.9 Å². The van der Waals surface area contributed by atoms with Crippen LogP contribution >= 0.6 is 11.6 Å². The zero-order valence-corrected chi connectivity index (χ0v) is 26.1. The average molecular weight is 636 g/mol. The monoisotopic (exact) mass is 635 g/mol. The van der Waals surface area contributed by atoms with Crippen LogP contribution in [0.4, 0.5) is 5.69 Å². The zero-order chi connectivity index (χ0) is 30.8. The van der Waals surface area contributed by atoms with E-state index < -0.39 is 38.1 Å². The molecule has 0 saturated heterocycles. The minimum absolute atomic E-state index is 0.0107. The molecule has 1 amide bonds. The van der Waals surface area contributed by atoms with E-state index in [0.717, 1.165) is 5.56 Å². The number of carbonyl (C=O) groups excluding carboxylic acids is 1. The summed E-state index contributed by atoms with van der Waals surface area (Å²) in [4.78, 5) is 15.3. The summed E-state index contributed by atoms with van der Waals surface area (Å²) in [7, 11) is -6.35. The first kappa shape index (κ1) is 31.8. The fourth-order valence-corrected chi connectivity index (χ4v) is 6.93. The average Bonchev–Trinajstić information content (AvgIpc) is 2.95. The quantitative estimate of drug-likeness (QED) is 0.363. The van der Waals surface area contributed by atoms with Gasteiger partial charge in [0.2, 0.25) is 10.0 Å². The van der Waals surface area contributed by atoms with Gasteiger partial charge in [0, 0.05) is 30.2 Å². The molecule has 2 N–H and O–H groups in total. The number of carbonyl (C=O) groups is 1. The molecule has 42 heavy (non-hydrogen) atoms. The van der Waals surface area contributed by atoms with E-state index in [1.807, 2.05) is 13.8 Å². The third kappa shape index (κ3) is 6.90. The van der Waals surface area contributed by atoms with Gasteiger partial charge in [-0.2, -0.15) is 4.31 Å². The Balaban J connectivity index is 1.68. The van der Waals surface area contributed by atoms with E-state index in [-0.39, 0.29) is 52.4 Å². The van der Waals surface area contributed by atoms with Crippen LogP contribution in [0.1, 0.15) is 29.8 Å². The van der Waals surface area contributed by atoms with E-state index in [1.165, 1.54) is 58.7 Å². The number of hydrogen-bond donors (Lipinski definition) is 2. The normalized spacial score (nSPS) is 18.5. The van der Waals surface area contributed by atoms with Gasteiger partial charge in [-0.1, -0.05) is 36.2 Å². The fourth-order valence-electron chi connectivity index (χ4n) is 4.57. The molecule has 3 aromatic carbocycles. The third-order valence-electron chi connectivity index (χ3n) is 7.21. The molecule has 13 heteroatoms. The van der Waals surface area contributed by atoms with E-state index in [9.17, 15) is 26.7 Å². The van der Waals surface area contributed by atoms with Crippen molar-refractivity contribution in [2.45, 2.75) is 42.7 Å². The predicted molar refractivity (Wildman–Crippen MR) is 161 cm³/mol. The molecule has 10 nitrogen and oxygen atoms in total. The van der Waals surface area contributed by atoms with Gasteiger partial charge < -0.3 is 14.7 Å². The van der Waals surface area contributed by atoms with Crippen LogP contribution in [0.25, 0.3) is 0 Å². The Morgan fingerprint density at radius 3 is 2.29 bits per heavy atom. The summed E-state index contributed by atoms with van der Waals surface area (Å²) >= 11 is 5.89. The van der Waals surface area contributed by atoms with Crippen molar-refractivity contribution in [3.05, 3.63) is 82.9 Å². The minimum atomic E-state index is -3.99. The van der Waals surface area contributed by atoms with Crippen molar-refractivity contribution in [1.82, 2.24) is 9.21 Å². The number of aliphatic hydroxyl groups is 1. The minimum Gasteiger partial charge on any atom is -0.488 e. The van der Waals surface area contributed by atoms with Crippen LogP contribution in [0.2, 0.25) is 5.02 Å². The number of aliphatic hydroxyl groups excluding tert-OH is 1. The van der Waals surface area contributed by atoms with Crippen LogP contribution in [0.15, 0.2) is 76.5 Å². The first-order valence-electron chi connectivity index (χ1n) is 13.3. The molecule has 0 aromatic heterocycles. The lowest BCUT2D eigenvalue weighted by Gasteiger charge is -2.38. The molecule has 0 unspecified atom stereocenters. The number of nitrogens with zero attached hydrogens (tertiary/aromatic N) is 2. The molecule has 0 aliphatic carbocycles. The van der Waals surface area contributed by atoms with Gasteiger partial charge in [0.25, 0.3) is 15.9 Å². The van der Waals surface area contributed by atoms with Crippen LogP contribution in [-0.2, 0) is 20.0 Å². The number of likely N-dealkylation sites (N-methyl/N-ethyl adjacent to an activating group) is 1. The molecule has 0 bridgehead atoms. The fraction of sp³-hybridized carbons (Fsp3) is 0.345. The first-order valence-corrected chi connectivity index (χ1v) is 16.6. The van der Waals surface area contributed by atoms with Crippen molar-refractivity contribution >= 4 is 43.2 Å². The van der Waals surface area contributed by atoms with E-state index >= 15 is 0 Å². The maximum atomic E-state index is 13.7. The molecular weight excluding hydrogens is 602 g/mol. The number of aryl methyl sites for hydroxylation is 1. The summed E-state index contributed by atoms with van der Waals surface area (Å²) in [6, 6.07) is 16.0. The Kier molecular flexibility index (Phi) is 9.53. The van der Waals surface area contributed by atoms with E-state index in [4.69, 9.17) is 16.3 Å². The largest absolute Gasteiger partial charge is 0.488 e. The Bertz CT molecular complexity index is 1650. The topological polar surface area (TPSA) is 133 Å². The Labute approximate surface area is 252 Å². The van der Waals surface area contributed by atoms with Crippen molar-refractivity contribution < 1.29 is 31.5 Å². The molecule has 3 atom stereocenters. The molecule has 226 valence electrons. The summed E-state index contributed by atoms with van der Waals surface area (Å²) < 4.78 is 62.5. The number of rotatable bonds is 9. The first-order chi connectivity index (χ1) is 19.7. The summed E-state index contributed by atoms with van der Waals surface area (Å²) in [6.45, 7) is 5.27. The molecule has 1 aliphatic rings. The van der Waals surface area contributed by atoms with Crippen molar-refractivity contribution in [3.63, 3.8) is 0 Å². The Morgan fingerprint density at radius 2 is 1.67 bits per heavy atom. The number of sulfonamides is 2. The number of nitrogens with one attached hydrogen (secondary N) is 1. The second-order valence-corrected chi connectivity index (χ2v) is 14.7.